The number of nitrogens with zero attached hydrogens (tertiary/aromatic N) is 2. The van der Waals surface area contributed by atoms with Gasteiger partial charge in [-0.3, -0.25) is 0 Å². The van der Waals surface area contributed by atoms with Gasteiger partial charge in [-0.05, 0) is 44.5 Å². The van der Waals surface area contributed by atoms with Crippen molar-refractivity contribution in [3.05, 3.63) is 35.4 Å². The van der Waals surface area contributed by atoms with Crippen molar-refractivity contribution in [3.63, 3.8) is 0 Å². The normalized spacial score (nSPS) is 17.4. The number of aliphatic imine (C=N–C) groups is 1. The fourth-order valence-electron chi connectivity index (χ4n) is 2.49. The molecule has 0 N–H and O–H groups in total. The topological polar surface area (TPSA) is 32.7 Å². The summed E-state index contributed by atoms with van der Waals surface area (Å²) in [5.74, 6) is 0. The first kappa shape index (κ1) is 12.0. The maximum absolute atomic E-state index is 10.6. The fraction of sp³-hybridized carbons (Fsp3) is 0.500. The van der Waals surface area contributed by atoms with Gasteiger partial charge < -0.3 is 4.90 Å². The highest BCUT2D eigenvalue weighted by atomic mass is 16.1. The van der Waals surface area contributed by atoms with E-state index in [1.54, 1.807) is 6.08 Å². The predicted molar refractivity (Wildman–Crippen MR) is 67.5 cm³/mol. The van der Waals surface area contributed by atoms with Crippen molar-refractivity contribution in [2.45, 2.75) is 31.3 Å². The summed E-state index contributed by atoms with van der Waals surface area (Å²) in [6.07, 6.45) is 4.82. The van der Waals surface area contributed by atoms with Crippen LogP contribution in [-0.4, -0.2) is 25.1 Å². The molecular formula is C14H18N2O. The molecule has 3 nitrogen and oxygen atoms in total. The summed E-state index contributed by atoms with van der Waals surface area (Å²) in [5, 5.41) is 0. The monoisotopic (exact) mass is 230 g/mol. The number of hydrogen-bond donors (Lipinski definition) is 0. The van der Waals surface area contributed by atoms with Crippen LogP contribution in [0.4, 0.5) is 0 Å². The Morgan fingerprint density at radius 1 is 1.35 bits per heavy atom. The van der Waals surface area contributed by atoms with Gasteiger partial charge in [0.2, 0.25) is 6.08 Å². The molecule has 90 valence electrons. The summed E-state index contributed by atoms with van der Waals surface area (Å²) in [6.45, 7) is 0.881. The van der Waals surface area contributed by atoms with E-state index in [0.29, 0.717) is 0 Å². The van der Waals surface area contributed by atoms with Crippen LogP contribution in [0.25, 0.3) is 0 Å². The Bertz CT molecular complexity index is 443. The van der Waals surface area contributed by atoms with Gasteiger partial charge in [0.15, 0.2) is 0 Å². The first-order valence-electron chi connectivity index (χ1n) is 6.00. The molecule has 1 aliphatic carbocycles. The highest BCUT2D eigenvalue weighted by Gasteiger charge is 2.40. The third-order valence-corrected chi connectivity index (χ3v) is 3.45. The SMILES string of the molecule is CN(C)Cc1ccccc1C1(N=C=O)CCC1. The lowest BCUT2D eigenvalue weighted by Crippen LogP contribution is -2.33. The molecule has 2 rings (SSSR count). The van der Waals surface area contributed by atoms with Crippen molar-refractivity contribution < 1.29 is 4.79 Å². The molecule has 1 aromatic rings. The van der Waals surface area contributed by atoms with Gasteiger partial charge in [-0.15, -0.1) is 0 Å². The summed E-state index contributed by atoms with van der Waals surface area (Å²) in [7, 11) is 4.10. The summed E-state index contributed by atoms with van der Waals surface area (Å²) in [6, 6.07) is 8.28. The van der Waals surface area contributed by atoms with Gasteiger partial charge >= 0.3 is 0 Å². The van der Waals surface area contributed by atoms with Crippen LogP contribution >= 0.6 is 0 Å². The Labute approximate surface area is 102 Å². The Morgan fingerprint density at radius 2 is 2.06 bits per heavy atom. The van der Waals surface area contributed by atoms with Gasteiger partial charge in [0, 0.05) is 6.54 Å². The van der Waals surface area contributed by atoms with Crippen LogP contribution in [0.1, 0.15) is 30.4 Å². The summed E-state index contributed by atoms with van der Waals surface area (Å²) < 4.78 is 0. The average Bonchev–Trinajstić information content (AvgIpc) is 2.24. The number of carbonyl (C=O) groups excluding carboxylic acids is 1. The van der Waals surface area contributed by atoms with Crippen molar-refractivity contribution in [2.24, 2.45) is 4.99 Å². The van der Waals surface area contributed by atoms with Crippen LogP contribution in [0.3, 0.4) is 0 Å². The van der Waals surface area contributed by atoms with Crippen LogP contribution < -0.4 is 0 Å². The van der Waals surface area contributed by atoms with E-state index < -0.39 is 0 Å². The lowest BCUT2D eigenvalue weighted by molar-refractivity contribution is 0.251. The van der Waals surface area contributed by atoms with E-state index in [2.05, 4.69) is 22.0 Å². The van der Waals surface area contributed by atoms with E-state index in [9.17, 15) is 4.79 Å². The zero-order valence-electron chi connectivity index (χ0n) is 10.4. The molecule has 0 saturated heterocycles. The lowest BCUT2D eigenvalue weighted by atomic mass is 9.71. The smallest absolute Gasteiger partial charge is 0.235 e. The van der Waals surface area contributed by atoms with E-state index in [4.69, 9.17) is 0 Å². The Kier molecular flexibility index (Phi) is 3.41. The summed E-state index contributed by atoms with van der Waals surface area (Å²) in [5.41, 5.74) is 2.17. The van der Waals surface area contributed by atoms with Crippen molar-refractivity contribution in [1.82, 2.24) is 4.90 Å². The molecule has 17 heavy (non-hydrogen) atoms. The molecule has 0 bridgehead atoms. The van der Waals surface area contributed by atoms with Crippen molar-refractivity contribution >= 4 is 6.08 Å². The van der Waals surface area contributed by atoms with Crippen LogP contribution in [0.15, 0.2) is 29.3 Å². The van der Waals surface area contributed by atoms with Gasteiger partial charge in [-0.25, -0.2) is 4.79 Å². The minimum absolute atomic E-state index is 0.283. The van der Waals surface area contributed by atoms with E-state index in [1.165, 1.54) is 11.1 Å². The third-order valence-electron chi connectivity index (χ3n) is 3.45. The largest absolute Gasteiger partial charge is 0.305 e. The molecule has 0 aromatic heterocycles. The van der Waals surface area contributed by atoms with Crippen LogP contribution in [0.5, 0.6) is 0 Å². The number of benzene rings is 1. The van der Waals surface area contributed by atoms with Crippen LogP contribution in [0, 0.1) is 0 Å². The molecule has 0 radical (unpaired) electrons. The quantitative estimate of drug-likeness (QED) is 0.588. The molecule has 0 aliphatic heterocycles. The Hall–Kier alpha value is -1.44. The van der Waals surface area contributed by atoms with E-state index in [1.807, 2.05) is 26.2 Å². The molecule has 1 fully saturated rings. The van der Waals surface area contributed by atoms with Gasteiger partial charge in [-0.2, -0.15) is 4.99 Å². The second kappa shape index (κ2) is 4.82. The van der Waals surface area contributed by atoms with Gasteiger partial charge in [0.1, 0.15) is 0 Å². The van der Waals surface area contributed by atoms with Crippen molar-refractivity contribution in [1.29, 1.82) is 0 Å². The maximum Gasteiger partial charge on any atom is 0.235 e. The third kappa shape index (κ3) is 2.31. The molecule has 0 amide bonds. The number of rotatable bonds is 4. The zero-order chi connectivity index (χ0) is 12.3. The maximum atomic E-state index is 10.6. The van der Waals surface area contributed by atoms with Gasteiger partial charge in [-0.1, -0.05) is 24.3 Å². The number of hydrogen-bond acceptors (Lipinski definition) is 3. The standard InChI is InChI=1S/C14H18N2O/c1-16(2)10-12-6-3-4-7-13(12)14(15-11-17)8-5-9-14/h3-4,6-7H,5,8-10H2,1-2H3. The van der Waals surface area contributed by atoms with E-state index >= 15 is 0 Å². The molecule has 0 spiro atoms. The minimum atomic E-state index is -0.283. The summed E-state index contributed by atoms with van der Waals surface area (Å²) in [4.78, 5) is 16.8. The second-order valence-corrected chi connectivity index (χ2v) is 4.98. The molecule has 1 aliphatic rings. The molecule has 1 aromatic carbocycles. The van der Waals surface area contributed by atoms with E-state index in [0.717, 1.165) is 25.8 Å². The highest BCUT2D eigenvalue weighted by Crippen LogP contribution is 2.46. The summed E-state index contributed by atoms with van der Waals surface area (Å²) >= 11 is 0. The van der Waals surface area contributed by atoms with Crippen LogP contribution in [0.2, 0.25) is 0 Å². The molecular weight excluding hydrogens is 212 g/mol. The second-order valence-electron chi connectivity index (χ2n) is 4.98. The Morgan fingerprint density at radius 3 is 2.59 bits per heavy atom. The van der Waals surface area contributed by atoms with E-state index in [-0.39, 0.29) is 5.54 Å². The molecule has 3 heteroatoms. The molecule has 0 unspecified atom stereocenters. The molecule has 1 saturated carbocycles. The van der Waals surface area contributed by atoms with Crippen LogP contribution in [-0.2, 0) is 16.9 Å². The molecule has 0 heterocycles. The first-order valence-corrected chi connectivity index (χ1v) is 6.00. The zero-order valence-corrected chi connectivity index (χ0v) is 10.4. The Balaban J connectivity index is 2.39. The van der Waals surface area contributed by atoms with Crippen molar-refractivity contribution in [3.8, 4) is 0 Å². The lowest BCUT2D eigenvalue weighted by Gasteiger charge is -2.38. The first-order chi connectivity index (χ1) is 8.18. The average molecular weight is 230 g/mol. The highest BCUT2D eigenvalue weighted by molar-refractivity contribution is 5.42. The minimum Gasteiger partial charge on any atom is -0.305 e. The fourth-order valence-corrected chi connectivity index (χ4v) is 2.49. The van der Waals surface area contributed by atoms with Gasteiger partial charge in [0.05, 0.1) is 5.54 Å². The number of isocyanates is 1. The van der Waals surface area contributed by atoms with Crippen molar-refractivity contribution in [2.75, 3.05) is 14.1 Å². The predicted octanol–water partition coefficient (Wildman–Crippen LogP) is 2.46. The molecule has 0 atom stereocenters. The van der Waals surface area contributed by atoms with Gasteiger partial charge in [0.25, 0.3) is 0 Å².